The van der Waals surface area contributed by atoms with Gasteiger partial charge in [0, 0.05) is 0 Å². The van der Waals surface area contributed by atoms with Crippen LogP contribution in [0.25, 0.3) is 0 Å². The second-order valence-corrected chi connectivity index (χ2v) is 6.51. The zero-order valence-corrected chi connectivity index (χ0v) is 13.7. The Morgan fingerprint density at radius 2 is 1.90 bits per heavy atom. The summed E-state index contributed by atoms with van der Waals surface area (Å²) in [5, 5.41) is 1.80. The molecule has 0 spiro atoms. The molecule has 0 aromatic carbocycles. The topological polar surface area (TPSA) is 45.9 Å². The van der Waals surface area contributed by atoms with Crippen LogP contribution >= 0.6 is 0 Å². The molecule has 0 radical (unpaired) electrons. The molecule has 6 heteroatoms. The molecule has 2 rings (SSSR count). The maximum absolute atomic E-state index is 12.2. The Bertz CT molecular complexity index is 455. The maximum atomic E-state index is 12.2. The van der Waals surface area contributed by atoms with Gasteiger partial charge in [-0.2, -0.15) is 0 Å². The Labute approximate surface area is 138 Å². The van der Waals surface area contributed by atoms with E-state index in [2.05, 4.69) is 34.7 Å². The van der Waals surface area contributed by atoms with Crippen LogP contribution in [0.4, 0.5) is 10.7 Å². The van der Waals surface area contributed by atoms with Crippen molar-refractivity contribution in [2.75, 3.05) is 4.90 Å². The Hall–Kier alpha value is -0.893. The number of carbonyl (C=O) groups excluding carboxylic acids is 1. The van der Waals surface area contributed by atoms with E-state index in [1.807, 2.05) is 0 Å². The third-order valence-electron chi connectivity index (χ3n) is 3.84. The van der Waals surface area contributed by atoms with Gasteiger partial charge in [-0.05, 0) is 59.1 Å². The summed E-state index contributed by atoms with van der Waals surface area (Å²) < 4.78 is 5.15. The van der Waals surface area contributed by atoms with Crippen molar-refractivity contribution in [1.29, 1.82) is 0 Å². The van der Waals surface area contributed by atoms with Crippen molar-refractivity contribution >= 4 is 12.0 Å². The molecule has 0 bridgehead atoms. The Morgan fingerprint density at radius 1 is 1.33 bits per heavy atom. The first-order valence-corrected chi connectivity index (χ1v) is 6.90. The number of hydrogen-bond donors (Lipinski definition) is 0. The molecule has 1 aromatic heterocycles. The monoisotopic (exact) mass is 286 g/mol. The molecule has 0 N–H and O–H groups in total. The largest absolute Gasteiger partial charge is 1.00 e. The molecule has 1 aliphatic heterocycles. The molecule has 0 aliphatic carbocycles. The van der Waals surface area contributed by atoms with E-state index in [-0.39, 0.29) is 29.9 Å². The number of rotatable bonds is 2. The Kier molecular flexibility index (Phi) is 5.60. The van der Waals surface area contributed by atoms with Gasteiger partial charge in [-0.25, -0.2) is 11.8 Å². The number of furan rings is 1. The first-order valence-electron chi connectivity index (χ1n) is 6.90. The molecule has 21 heavy (non-hydrogen) atoms. The van der Waals surface area contributed by atoms with Crippen molar-refractivity contribution in [3.05, 3.63) is 25.4 Å². The minimum Gasteiger partial charge on any atom is -0.451 e. The molecule has 1 amide bonds. The first kappa shape index (κ1) is 18.2. The summed E-state index contributed by atoms with van der Waals surface area (Å²) >= 11 is 0. The van der Waals surface area contributed by atoms with E-state index in [9.17, 15) is 4.79 Å². The summed E-state index contributed by atoms with van der Waals surface area (Å²) in [7, 11) is 3.68. The molecule has 2 heterocycles. The number of hydrogen-bond acceptors (Lipinski definition) is 4. The predicted molar refractivity (Wildman–Crippen MR) is 76.9 cm³/mol. The Morgan fingerprint density at radius 3 is 2.38 bits per heavy atom. The fourth-order valence-electron chi connectivity index (χ4n) is 2.86. The van der Waals surface area contributed by atoms with Crippen LogP contribution in [-0.2, 0) is 4.84 Å². The fraction of sp³-hybridized carbons (Fsp3) is 0.600. The van der Waals surface area contributed by atoms with Crippen LogP contribution in [0.15, 0.2) is 22.8 Å². The number of hydroxylamine groups is 2. The fourth-order valence-corrected chi connectivity index (χ4v) is 2.86. The van der Waals surface area contributed by atoms with E-state index >= 15 is 0 Å². The average Bonchev–Trinajstić information content (AvgIpc) is 2.85. The van der Waals surface area contributed by atoms with Crippen LogP contribution in [-0.4, -0.2) is 22.2 Å². The van der Waals surface area contributed by atoms with E-state index in [0.717, 1.165) is 24.2 Å². The molecule has 112 valence electrons. The minimum absolute atomic E-state index is 0. The van der Waals surface area contributed by atoms with Crippen LogP contribution in [0.5, 0.6) is 0 Å². The maximum Gasteiger partial charge on any atom is 1.00 e. The van der Waals surface area contributed by atoms with Crippen molar-refractivity contribution in [3.8, 4) is 0 Å². The predicted octanol–water partition coefficient (Wildman–Crippen LogP) is 0.976. The Balaban J connectivity index is 0.00000220. The summed E-state index contributed by atoms with van der Waals surface area (Å²) in [6.45, 7) is 8.34. The summed E-state index contributed by atoms with van der Waals surface area (Å²) in [5.41, 5.74) is -0.386. The van der Waals surface area contributed by atoms with Crippen molar-refractivity contribution < 1.29 is 32.9 Å². The number of carbonyl (C=O) groups is 1. The van der Waals surface area contributed by atoms with Crippen molar-refractivity contribution in [3.63, 3.8) is 0 Å². The minimum atomic E-state index is -0.539. The number of piperidine rings is 1. The molecule has 5 nitrogen and oxygen atoms in total. The summed E-state index contributed by atoms with van der Waals surface area (Å²) in [4.78, 5) is 19.0. The second kappa shape index (κ2) is 6.47. The van der Waals surface area contributed by atoms with Gasteiger partial charge in [0.15, 0.2) is 5.88 Å². The third kappa shape index (κ3) is 3.85. The van der Waals surface area contributed by atoms with Crippen molar-refractivity contribution in [1.82, 2.24) is 5.06 Å². The van der Waals surface area contributed by atoms with Crippen LogP contribution in [0.1, 0.15) is 47.0 Å². The smallest absolute Gasteiger partial charge is 0.451 e. The van der Waals surface area contributed by atoms with Gasteiger partial charge in [0.25, 0.3) is 0 Å². The van der Waals surface area contributed by atoms with Gasteiger partial charge in [-0.15, -0.1) is 5.06 Å². The van der Waals surface area contributed by atoms with Crippen LogP contribution in [0.3, 0.4) is 0 Å². The number of amides is 1. The van der Waals surface area contributed by atoms with Gasteiger partial charge < -0.3 is 14.2 Å². The quantitative estimate of drug-likeness (QED) is 0.600. The van der Waals surface area contributed by atoms with E-state index in [4.69, 9.17) is 9.25 Å². The molecule has 1 aliphatic rings. The zero-order chi connectivity index (χ0) is 15.0. The molecule has 0 saturated carbocycles. The van der Waals surface area contributed by atoms with Gasteiger partial charge in [-0.1, -0.05) is 0 Å². The second-order valence-electron chi connectivity index (χ2n) is 6.51. The third-order valence-corrected chi connectivity index (χ3v) is 3.84. The van der Waals surface area contributed by atoms with Gasteiger partial charge in [0.05, 0.1) is 17.3 Å². The van der Waals surface area contributed by atoms with Gasteiger partial charge in [0.1, 0.15) is 0 Å². The molecule has 0 unspecified atom stereocenters. The molecule has 1 fully saturated rings. The zero-order valence-electron chi connectivity index (χ0n) is 13.7. The van der Waals surface area contributed by atoms with Crippen LogP contribution in [0, 0.1) is 7.05 Å². The van der Waals surface area contributed by atoms with E-state index < -0.39 is 6.09 Å². The van der Waals surface area contributed by atoms with Gasteiger partial charge in [-0.3, -0.25) is 0 Å². The van der Waals surface area contributed by atoms with Crippen molar-refractivity contribution in [2.24, 2.45) is 0 Å². The van der Waals surface area contributed by atoms with E-state index in [0.29, 0.717) is 5.88 Å². The summed E-state index contributed by atoms with van der Waals surface area (Å²) in [6.07, 6.45) is 4.06. The van der Waals surface area contributed by atoms with Gasteiger partial charge >= 0.3 is 25.0 Å². The molecular weight excluding hydrogens is 263 g/mol. The number of anilines is 1. The molecule has 1 saturated heterocycles. The average molecular weight is 286 g/mol. The van der Waals surface area contributed by atoms with Crippen LogP contribution in [0.2, 0.25) is 0 Å². The summed E-state index contributed by atoms with van der Waals surface area (Å²) in [5.74, 6) is 0.364. The summed E-state index contributed by atoms with van der Waals surface area (Å²) in [6, 6.07) is 3.37. The molecule has 1 aromatic rings. The van der Waals surface area contributed by atoms with E-state index in [1.54, 1.807) is 17.2 Å². The SMILES string of the molecule is [CH2-]N(C(=O)ON1C(C)(C)CCCC1(C)C)c1ccco1.[Li+]. The van der Waals surface area contributed by atoms with E-state index in [1.165, 1.54) is 6.26 Å². The van der Waals surface area contributed by atoms with Gasteiger partial charge in [0.2, 0.25) is 0 Å². The normalized spacial score (nSPS) is 20.4. The van der Waals surface area contributed by atoms with Crippen molar-refractivity contribution in [2.45, 2.75) is 58.0 Å². The molecule has 0 atom stereocenters. The first-order chi connectivity index (χ1) is 9.24. The standard InChI is InChI=1S/C15H23N2O3.Li/c1-14(2)9-7-10-15(3,4)17(14)20-13(18)16(5)12-8-6-11-19-12;/h6,8,11H,5,7,9-10H2,1-4H3;/q-1;+1. The van der Waals surface area contributed by atoms with Crippen LogP contribution < -0.4 is 23.8 Å². The molecular formula is C15H23LiN2O3. The number of nitrogens with zero attached hydrogens (tertiary/aromatic N) is 2.